The van der Waals surface area contributed by atoms with Gasteiger partial charge in [0.2, 0.25) is 0 Å². The Hall–Kier alpha value is -2.57. The summed E-state index contributed by atoms with van der Waals surface area (Å²) in [6.07, 6.45) is 6.81. The molecular formula is C17H18F2N4O. The van der Waals surface area contributed by atoms with E-state index in [1.165, 1.54) is 12.4 Å². The number of rotatable bonds is 4. The number of carbonyl (C=O) groups is 1. The monoisotopic (exact) mass is 332 g/mol. The van der Waals surface area contributed by atoms with Crippen molar-refractivity contribution in [2.24, 2.45) is 0 Å². The predicted molar refractivity (Wildman–Crippen MR) is 86.0 cm³/mol. The van der Waals surface area contributed by atoms with Gasteiger partial charge in [0.05, 0.1) is 12.4 Å². The van der Waals surface area contributed by atoms with Crippen LogP contribution in [-0.2, 0) is 0 Å². The van der Waals surface area contributed by atoms with Gasteiger partial charge in [-0.2, -0.15) is 0 Å². The number of benzene rings is 1. The number of carbonyl (C=O) groups excluding carboxylic acids is 1. The van der Waals surface area contributed by atoms with Crippen LogP contribution in [-0.4, -0.2) is 21.4 Å². The van der Waals surface area contributed by atoms with Gasteiger partial charge in [0.1, 0.15) is 23.1 Å². The first-order chi connectivity index (χ1) is 11.4. The van der Waals surface area contributed by atoms with Crippen LogP contribution in [0.2, 0.25) is 0 Å². The lowest BCUT2D eigenvalue weighted by Gasteiger charge is -2.24. The molecule has 0 unspecified atom stereocenters. The van der Waals surface area contributed by atoms with E-state index in [1.54, 1.807) is 0 Å². The molecule has 1 saturated carbocycles. The SMILES string of the molecule is CC1(NC(=O)c2cncc(Nc3cc(F)cc(F)c3)n2)CCCC1. The Labute approximate surface area is 138 Å². The van der Waals surface area contributed by atoms with Crippen LogP contribution in [0.15, 0.2) is 30.6 Å². The smallest absolute Gasteiger partial charge is 0.271 e. The second-order valence-corrected chi connectivity index (χ2v) is 6.29. The predicted octanol–water partition coefficient (Wildman–Crippen LogP) is 3.56. The van der Waals surface area contributed by atoms with Gasteiger partial charge in [0, 0.05) is 17.3 Å². The minimum absolute atomic E-state index is 0.157. The van der Waals surface area contributed by atoms with E-state index in [1.807, 2.05) is 6.92 Å². The highest BCUT2D eigenvalue weighted by Gasteiger charge is 2.30. The number of amides is 1. The maximum Gasteiger partial charge on any atom is 0.271 e. The summed E-state index contributed by atoms with van der Waals surface area (Å²) in [6, 6.07) is 3.05. The highest BCUT2D eigenvalue weighted by atomic mass is 19.1. The summed E-state index contributed by atoms with van der Waals surface area (Å²) in [5, 5.41) is 5.74. The highest BCUT2D eigenvalue weighted by Crippen LogP contribution is 2.29. The molecule has 2 N–H and O–H groups in total. The fourth-order valence-corrected chi connectivity index (χ4v) is 2.93. The molecule has 0 atom stereocenters. The number of anilines is 2. The summed E-state index contributed by atoms with van der Waals surface area (Å²) in [5.41, 5.74) is 0.139. The van der Waals surface area contributed by atoms with E-state index >= 15 is 0 Å². The Balaban J connectivity index is 1.75. The van der Waals surface area contributed by atoms with E-state index in [-0.39, 0.29) is 28.6 Å². The zero-order valence-corrected chi connectivity index (χ0v) is 13.3. The minimum atomic E-state index is -0.700. The number of hydrogen-bond acceptors (Lipinski definition) is 4. The van der Waals surface area contributed by atoms with Crippen LogP contribution in [0.4, 0.5) is 20.3 Å². The second-order valence-electron chi connectivity index (χ2n) is 6.29. The first kappa shape index (κ1) is 16.3. The average Bonchev–Trinajstić information content (AvgIpc) is 2.92. The van der Waals surface area contributed by atoms with Gasteiger partial charge in [-0.1, -0.05) is 12.8 Å². The Bertz CT molecular complexity index is 740. The van der Waals surface area contributed by atoms with Crippen molar-refractivity contribution >= 4 is 17.4 Å². The molecule has 0 saturated heterocycles. The fraction of sp³-hybridized carbons (Fsp3) is 0.353. The first-order valence-electron chi connectivity index (χ1n) is 7.81. The molecule has 7 heteroatoms. The first-order valence-corrected chi connectivity index (χ1v) is 7.81. The summed E-state index contributed by atoms with van der Waals surface area (Å²) in [7, 11) is 0. The Morgan fingerprint density at radius 2 is 1.79 bits per heavy atom. The molecule has 1 fully saturated rings. The van der Waals surface area contributed by atoms with E-state index in [4.69, 9.17) is 0 Å². The van der Waals surface area contributed by atoms with Gasteiger partial charge in [-0.05, 0) is 31.9 Å². The third kappa shape index (κ3) is 3.84. The lowest BCUT2D eigenvalue weighted by Crippen LogP contribution is -2.43. The topological polar surface area (TPSA) is 66.9 Å². The van der Waals surface area contributed by atoms with Gasteiger partial charge in [-0.25, -0.2) is 13.8 Å². The zero-order valence-electron chi connectivity index (χ0n) is 13.3. The molecule has 1 amide bonds. The van der Waals surface area contributed by atoms with Gasteiger partial charge in [-0.15, -0.1) is 0 Å². The summed E-state index contributed by atoms with van der Waals surface area (Å²) in [6.45, 7) is 2.02. The average molecular weight is 332 g/mol. The summed E-state index contributed by atoms with van der Waals surface area (Å²) >= 11 is 0. The van der Waals surface area contributed by atoms with E-state index in [0.29, 0.717) is 0 Å². The summed E-state index contributed by atoms with van der Waals surface area (Å²) < 4.78 is 26.5. The number of halogens is 2. The highest BCUT2D eigenvalue weighted by molar-refractivity contribution is 5.92. The van der Waals surface area contributed by atoms with E-state index in [0.717, 1.165) is 43.9 Å². The molecule has 126 valence electrons. The molecule has 1 aromatic carbocycles. The molecular weight excluding hydrogens is 314 g/mol. The van der Waals surface area contributed by atoms with Crippen molar-refractivity contribution in [1.82, 2.24) is 15.3 Å². The zero-order chi connectivity index (χ0) is 17.2. The molecule has 0 radical (unpaired) electrons. The molecule has 0 bridgehead atoms. The third-order valence-electron chi connectivity index (χ3n) is 4.12. The lowest BCUT2D eigenvalue weighted by atomic mass is 10.0. The number of nitrogens with one attached hydrogen (secondary N) is 2. The van der Waals surface area contributed by atoms with Crippen LogP contribution in [0.1, 0.15) is 43.1 Å². The van der Waals surface area contributed by atoms with E-state index < -0.39 is 11.6 Å². The van der Waals surface area contributed by atoms with Crippen LogP contribution in [0.3, 0.4) is 0 Å². The Kier molecular flexibility index (Phi) is 4.42. The summed E-state index contributed by atoms with van der Waals surface area (Å²) in [4.78, 5) is 20.5. The van der Waals surface area contributed by atoms with Gasteiger partial charge in [0.25, 0.3) is 5.91 Å². The molecule has 24 heavy (non-hydrogen) atoms. The molecule has 3 rings (SSSR count). The third-order valence-corrected chi connectivity index (χ3v) is 4.12. The Morgan fingerprint density at radius 3 is 2.46 bits per heavy atom. The fourth-order valence-electron chi connectivity index (χ4n) is 2.93. The second kappa shape index (κ2) is 6.51. The van der Waals surface area contributed by atoms with E-state index in [9.17, 15) is 13.6 Å². The van der Waals surface area contributed by atoms with Crippen molar-refractivity contribution in [2.75, 3.05) is 5.32 Å². The quantitative estimate of drug-likeness (QED) is 0.898. The lowest BCUT2D eigenvalue weighted by molar-refractivity contribution is 0.0902. The number of aromatic nitrogens is 2. The standard InChI is InChI=1S/C17H18F2N4O/c1-17(4-2-3-5-17)23-16(24)14-9-20-10-15(22-14)21-13-7-11(18)6-12(19)8-13/h6-10H,2-5H2,1H3,(H,21,22)(H,23,24). The van der Waals surface area contributed by atoms with Crippen LogP contribution < -0.4 is 10.6 Å². The van der Waals surface area contributed by atoms with Gasteiger partial charge in [0.15, 0.2) is 0 Å². The van der Waals surface area contributed by atoms with Crippen molar-refractivity contribution < 1.29 is 13.6 Å². The van der Waals surface area contributed by atoms with Gasteiger partial charge in [-0.3, -0.25) is 9.78 Å². The van der Waals surface area contributed by atoms with Crippen molar-refractivity contribution in [3.05, 3.63) is 47.9 Å². The minimum Gasteiger partial charge on any atom is -0.345 e. The van der Waals surface area contributed by atoms with Crippen molar-refractivity contribution in [3.63, 3.8) is 0 Å². The van der Waals surface area contributed by atoms with Crippen LogP contribution in [0.25, 0.3) is 0 Å². The van der Waals surface area contributed by atoms with Crippen LogP contribution >= 0.6 is 0 Å². The summed E-state index contributed by atoms with van der Waals surface area (Å²) in [5.74, 6) is -1.47. The Morgan fingerprint density at radius 1 is 1.12 bits per heavy atom. The van der Waals surface area contributed by atoms with Crippen molar-refractivity contribution in [2.45, 2.75) is 38.1 Å². The maximum atomic E-state index is 13.2. The molecule has 1 aromatic heterocycles. The van der Waals surface area contributed by atoms with Crippen molar-refractivity contribution in [1.29, 1.82) is 0 Å². The van der Waals surface area contributed by atoms with Crippen molar-refractivity contribution in [3.8, 4) is 0 Å². The van der Waals surface area contributed by atoms with E-state index in [2.05, 4.69) is 20.6 Å². The molecule has 1 aliphatic rings. The van der Waals surface area contributed by atoms with Gasteiger partial charge >= 0.3 is 0 Å². The normalized spacial score (nSPS) is 16.0. The molecule has 5 nitrogen and oxygen atoms in total. The molecule has 0 aliphatic heterocycles. The maximum absolute atomic E-state index is 13.2. The van der Waals surface area contributed by atoms with Gasteiger partial charge < -0.3 is 10.6 Å². The van der Waals surface area contributed by atoms with Crippen LogP contribution in [0, 0.1) is 11.6 Å². The number of hydrogen-bond donors (Lipinski definition) is 2. The van der Waals surface area contributed by atoms with Crippen LogP contribution in [0.5, 0.6) is 0 Å². The molecule has 2 aromatic rings. The molecule has 1 heterocycles. The largest absolute Gasteiger partial charge is 0.345 e. The molecule has 0 spiro atoms. The number of nitrogens with zero attached hydrogens (tertiary/aromatic N) is 2. The molecule has 1 aliphatic carbocycles.